The highest BCUT2D eigenvalue weighted by atomic mass is 16.9. The Morgan fingerprint density at radius 3 is 2.21 bits per heavy atom. The zero-order valence-electron chi connectivity index (χ0n) is 16.6. The molecule has 9 heteroatoms. The first-order chi connectivity index (χ1) is 13.6. The number of fused-ring (bicyclic) bond motifs is 3. The van der Waals surface area contributed by atoms with Gasteiger partial charge in [-0.25, -0.2) is 9.59 Å². The van der Waals surface area contributed by atoms with Crippen molar-refractivity contribution in [3.05, 3.63) is 35.4 Å². The summed E-state index contributed by atoms with van der Waals surface area (Å²) in [6.45, 7) is 6.98. The van der Waals surface area contributed by atoms with Crippen LogP contribution in [0.25, 0.3) is 0 Å². The highest BCUT2D eigenvalue weighted by Gasteiger charge is 2.60. The maximum absolute atomic E-state index is 12.5. The molecule has 5 atom stereocenters. The number of carboxylic acids is 1. The molecule has 0 spiro atoms. The lowest BCUT2D eigenvalue weighted by atomic mass is 9.99. The minimum Gasteiger partial charge on any atom is -0.478 e. The summed E-state index contributed by atoms with van der Waals surface area (Å²) in [5, 5.41) is 9.26. The standard InChI is InChI=1S/C20H24O9/c1-19(2)26-13-12(25-18-15(14(13)27-19)28-20(3,4)29-18)9-24-17(23)11-8-6-5-7-10(11)16(21)22/h5-8,12-15,18H,9H2,1-4H3,(H,21,22). The fourth-order valence-electron chi connectivity index (χ4n) is 3.91. The average Bonchev–Trinajstić information content (AvgIpc) is 3.13. The van der Waals surface area contributed by atoms with Gasteiger partial charge in [-0.2, -0.15) is 0 Å². The summed E-state index contributed by atoms with van der Waals surface area (Å²) in [5.41, 5.74) is -0.161. The summed E-state index contributed by atoms with van der Waals surface area (Å²) in [6, 6.07) is 5.86. The van der Waals surface area contributed by atoms with Crippen molar-refractivity contribution in [1.82, 2.24) is 0 Å². The Bertz CT molecular complexity index is 818. The number of rotatable bonds is 4. The number of benzene rings is 1. The van der Waals surface area contributed by atoms with Crippen molar-refractivity contribution in [3.63, 3.8) is 0 Å². The molecule has 0 aliphatic carbocycles. The number of esters is 1. The van der Waals surface area contributed by atoms with E-state index in [0.717, 1.165) is 0 Å². The van der Waals surface area contributed by atoms with Gasteiger partial charge in [-0.1, -0.05) is 12.1 Å². The van der Waals surface area contributed by atoms with Crippen LogP contribution in [0.1, 0.15) is 48.4 Å². The van der Waals surface area contributed by atoms with Crippen LogP contribution in [0.15, 0.2) is 24.3 Å². The van der Waals surface area contributed by atoms with E-state index in [9.17, 15) is 14.7 Å². The van der Waals surface area contributed by atoms with E-state index in [2.05, 4.69) is 0 Å². The van der Waals surface area contributed by atoms with Crippen molar-refractivity contribution in [2.24, 2.45) is 0 Å². The molecule has 3 aliphatic rings. The summed E-state index contributed by atoms with van der Waals surface area (Å²) in [7, 11) is 0. The van der Waals surface area contributed by atoms with Crippen molar-refractivity contribution < 1.29 is 43.1 Å². The summed E-state index contributed by atoms with van der Waals surface area (Å²) in [6.07, 6.45) is -2.83. The second kappa shape index (κ2) is 7.03. The highest BCUT2D eigenvalue weighted by Crippen LogP contribution is 2.44. The minimum absolute atomic E-state index is 0.0317. The summed E-state index contributed by atoms with van der Waals surface area (Å²) in [4.78, 5) is 23.8. The van der Waals surface area contributed by atoms with Gasteiger partial charge in [0.1, 0.15) is 31.0 Å². The van der Waals surface area contributed by atoms with Crippen LogP contribution < -0.4 is 0 Å². The molecule has 0 radical (unpaired) electrons. The van der Waals surface area contributed by atoms with Crippen molar-refractivity contribution in [2.75, 3.05) is 6.61 Å². The van der Waals surface area contributed by atoms with Crippen LogP contribution in [0.2, 0.25) is 0 Å². The second-order valence-corrected chi connectivity index (χ2v) is 8.16. The molecule has 4 rings (SSSR count). The lowest BCUT2D eigenvalue weighted by molar-refractivity contribution is -0.240. The zero-order valence-corrected chi connectivity index (χ0v) is 16.6. The monoisotopic (exact) mass is 408 g/mol. The van der Waals surface area contributed by atoms with Gasteiger partial charge in [-0.05, 0) is 39.8 Å². The summed E-state index contributed by atoms with van der Waals surface area (Å²) >= 11 is 0. The molecule has 3 fully saturated rings. The molecule has 3 aliphatic heterocycles. The Kier molecular flexibility index (Phi) is 4.91. The van der Waals surface area contributed by atoms with Crippen LogP contribution in [0.4, 0.5) is 0 Å². The quantitative estimate of drug-likeness (QED) is 0.747. The predicted octanol–water partition coefficient (Wildman–Crippen LogP) is 1.94. The maximum atomic E-state index is 12.5. The van der Waals surface area contributed by atoms with Crippen LogP contribution in [0, 0.1) is 0 Å². The lowest BCUT2D eigenvalue weighted by Gasteiger charge is -2.36. The van der Waals surface area contributed by atoms with Gasteiger partial charge in [0, 0.05) is 0 Å². The molecule has 1 N–H and O–H groups in total. The van der Waals surface area contributed by atoms with Gasteiger partial charge in [-0.15, -0.1) is 0 Å². The third-order valence-electron chi connectivity index (χ3n) is 5.01. The Morgan fingerprint density at radius 1 is 0.931 bits per heavy atom. The average molecular weight is 408 g/mol. The molecule has 0 aromatic heterocycles. The molecular weight excluding hydrogens is 384 g/mol. The lowest BCUT2D eigenvalue weighted by Crippen LogP contribution is -2.56. The number of aromatic carboxylic acids is 1. The van der Waals surface area contributed by atoms with Crippen LogP contribution >= 0.6 is 0 Å². The molecule has 1 aromatic carbocycles. The predicted molar refractivity (Wildman–Crippen MR) is 96.2 cm³/mol. The fourth-order valence-corrected chi connectivity index (χ4v) is 3.91. The van der Waals surface area contributed by atoms with E-state index in [1.165, 1.54) is 12.1 Å². The van der Waals surface area contributed by atoms with E-state index >= 15 is 0 Å². The van der Waals surface area contributed by atoms with E-state index in [-0.39, 0.29) is 17.7 Å². The molecule has 9 nitrogen and oxygen atoms in total. The van der Waals surface area contributed by atoms with E-state index in [1.54, 1.807) is 39.8 Å². The number of carboxylic acid groups (broad SMARTS) is 1. The number of carbonyl (C=O) groups excluding carboxylic acids is 1. The summed E-state index contributed by atoms with van der Waals surface area (Å²) < 4.78 is 35.1. The topological polar surface area (TPSA) is 110 Å². The van der Waals surface area contributed by atoms with Gasteiger partial charge in [-0.3, -0.25) is 0 Å². The molecule has 3 saturated heterocycles. The first-order valence-corrected chi connectivity index (χ1v) is 9.42. The minimum atomic E-state index is -1.21. The normalized spacial score (nSPS) is 34.3. The number of hydrogen-bond acceptors (Lipinski definition) is 8. The van der Waals surface area contributed by atoms with Crippen LogP contribution in [0.5, 0.6) is 0 Å². The first-order valence-electron chi connectivity index (χ1n) is 9.42. The fraction of sp³-hybridized carbons (Fsp3) is 0.600. The van der Waals surface area contributed by atoms with E-state index < -0.39 is 54.2 Å². The molecule has 3 heterocycles. The second-order valence-electron chi connectivity index (χ2n) is 8.16. The largest absolute Gasteiger partial charge is 0.478 e. The van der Waals surface area contributed by atoms with E-state index in [1.807, 2.05) is 0 Å². The molecular formula is C20H24O9. The van der Waals surface area contributed by atoms with Crippen molar-refractivity contribution >= 4 is 11.9 Å². The SMILES string of the molecule is CC1(C)OC2OC(COC(=O)c3ccccc3C(=O)O)C3OC(C)(C)OC3C2O1. The highest BCUT2D eigenvalue weighted by molar-refractivity contribution is 6.02. The van der Waals surface area contributed by atoms with Crippen LogP contribution in [-0.2, 0) is 28.4 Å². The summed E-state index contributed by atoms with van der Waals surface area (Å²) in [5.74, 6) is -3.67. The number of ether oxygens (including phenoxy) is 6. The van der Waals surface area contributed by atoms with Crippen molar-refractivity contribution in [1.29, 1.82) is 0 Å². The Labute approximate surface area is 167 Å². The van der Waals surface area contributed by atoms with Crippen LogP contribution in [-0.4, -0.2) is 65.9 Å². The van der Waals surface area contributed by atoms with Crippen molar-refractivity contribution in [3.8, 4) is 0 Å². The van der Waals surface area contributed by atoms with Gasteiger partial charge >= 0.3 is 11.9 Å². The Morgan fingerprint density at radius 2 is 1.52 bits per heavy atom. The molecule has 5 unspecified atom stereocenters. The van der Waals surface area contributed by atoms with Gasteiger partial charge in [0.15, 0.2) is 17.9 Å². The van der Waals surface area contributed by atoms with Crippen LogP contribution in [0.3, 0.4) is 0 Å². The Hall–Kier alpha value is -2.04. The number of hydrogen-bond donors (Lipinski definition) is 1. The first kappa shape index (κ1) is 20.2. The van der Waals surface area contributed by atoms with Gasteiger partial charge in [0.05, 0.1) is 11.1 Å². The molecule has 158 valence electrons. The van der Waals surface area contributed by atoms with Gasteiger partial charge in [0.2, 0.25) is 0 Å². The third-order valence-corrected chi connectivity index (χ3v) is 5.01. The number of carbonyl (C=O) groups is 2. The smallest absolute Gasteiger partial charge is 0.339 e. The maximum Gasteiger partial charge on any atom is 0.339 e. The van der Waals surface area contributed by atoms with Gasteiger partial charge in [0.25, 0.3) is 0 Å². The molecule has 0 saturated carbocycles. The molecule has 0 amide bonds. The van der Waals surface area contributed by atoms with E-state index in [0.29, 0.717) is 0 Å². The van der Waals surface area contributed by atoms with E-state index in [4.69, 9.17) is 28.4 Å². The molecule has 1 aromatic rings. The zero-order chi connectivity index (χ0) is 21.0. The molecule has 0 bridgehead atoms. The molecule has 29 heavy (non-hydrogen) atoms. The Balaban J connectivity index is 1.50. The van der Waals surface area contributed by atoms with Gasteiger partial charge < -0.3 is 33.5 Å². The van der Waals surface area contributed by atoms with Crippen molar-refractivity contribution in [2.45, 2.75) is 70.0 Å². The third kappa shape index (κ3) is 3.88.